The SMILES string of the molecule is Cc1nc(-c2ccc(-c3ccccc3)c(C)n2)ccc1-c1ccccc1. The Kier molecular flexibility index (Phi) is 4.32. The van der Waals surface area contributed by atoms with Gasteiger partial charge in [-0.3, -0.25) is 9.97 Å². The molecule has 2 heteroatoms. The quantitative estimate of drug-likeness (QED) is 0.452. The molecule has 2 aromatic carbocycles. The number of nitrogens with zero attached hydrogens (tertiary/aromatic N) is 2. The van der Waals surface area contributed by atoms with Gasteiger partial charge < -0.3 is 0 Å². The Bertz CT molecular complexity index is 951. The first-order valence-corrected chi connectivity index (χ1v) is 8.79. The van der Waals surface area contributed by atoms with Gasteiger partial charge in [0.1, 0.15) is 0 Å². The van der Waals surface area contributed by atoms with Crippen molar-refractivity contribution in [3.63, 3.8) is 0 Å². The summed E-state index contributed by atoms with van der Waals surface area (Å²) in [5.74, 6) is 0. The predicted octanol–water partition coefficient (Wildman–Crippen LogP) is 6.09. The molecule has 0 atom stereocenters. The summed E-state index contributed by atoms with van der Waals surface area (Å²) in [4.78, 5) is 9.60. The largest absolute Gasteiger partial charge is 0.251 e. The minimum absolute atomic E-state index is 0.907. The van der Waals surface area contributed by atoms with Crippen LogP contribution in [0.5, 0.6) is 0 Å². The zero-order chi connectivity index (χ0) is 17.9. The van der Waals surface area contributed by atoms with Gasteiger partial charge in [0, 0.05) is 22.5 Å². The number of benzene rings is 2. The van der Waals surface area contributed by atoms with Crippen molar-refractivity contribution >= 4 is 0 Å². The molecular formula is C24H20N2. The van der Waals surface area contributed by atoms with E-state index in [0.717, 1.165) is 33.9 Å². The Morgan fingerprint density at radius 2 is 0.846 bits per heavy atom. The minimum atomic E-state index is 0.907. The fraction of sp³-hybridized carbons (Fsp3) is 0.0833. The summed E-state index contributed by atoms with van der Waals surface area (Å²) in [5.41, 5.74) is 8.54. The summed E-state index contributed by atoms with van der Waals surface area (Å²) in [6, 6.07) is 29.1. The predicted molar refractivity (Wildman–Crippen MR) is 108 cm³/mol. The molecule has 126 valence electrons. The molecule has 2 aromatic heterocycles. The smallest absolute Gasteiger partial charge is 0.0889 e. The van der Waals surface area contributed by atoms with Crippen LogP contribution in [0.4, 0.5) is 0 Å². The summed E-state index contributed by atoms with van der Waals surface area (Å²) in [6.07, 6.45) is 0. The van der Waals surface area contributed by atoms with Gasteiger partial charge in [-0.15, -0.1) is 0 Å². The van der Waals surface area contributed by atoms with Crippen LogP contribution in [-0.2, 0) is 0 Å². The molecule has 4 rings (SSSR count). The van der Waals surface area contributed by atoms with E-state index >= 15 is 0 Å². The first-order valence-electron chi connectivity index (χ1n) is 8.79. The molecule has 0 aliphatic rings. The van der Waals surface area contributed by atoms with Crippen molar-refractivity contribution in [2.75, 3.05) is 0 Å². The summed E-state index contributed by atoms with van der Waals surface area (Å²) in [6.45, 7) is 4.11. The summed E-state index contributed by atoms with van der Waals surface area (Å²) in [7, 11) is 0. The van der Waals surface area contributed by atoms with Crippen molar-refractivity contribution in [3.8, 4) is 33.6 Å². The lowest BCUT2D eigenvalue weighted by atomic mass is 10.0. The van der Waals surface area contributed by atoms with Crippen LogP contribution < -0.4 is 0 Å². The van der Waals surface area contributed by atoms with Crippen LogP contribution >= 0.6 is 0 Å². The molecule has 0 amide bonds. The van der Waals surface area contributed by atoms with Crippen molar-refractivity contribution in [3.05, 3.63) is 96.3 Å². The number of rotatable bonds is 3. The van der Waals surface area contributed by atoms with E-state index in [1.54, 1.807) is 0 Å². The number of hydrogen-bond acceptors (Lipinski definition) is 2. The molecule has 2 nitrogen and oxygen atoms in total. The van der Waals surface area contributed by atoms with E-state index in [4.69, 9.17) is 9.97 Å². The molecule has 26 heavy (non-hydrogen) atoms. The van der Waals surface area contributed by atoms with E-state index in [1.807, 2.05) is 12.1 Å². The van der Waals surface area contributed by atoms with Gasteiger partial charge in [0.05, 0.1) is 11.4 Å². The molecule has 0 saturated heterocycles. The maximum Gasteiger partial charge on any atom is 0.0889 e. The van der Waals surface area contributed by atoms with E-state index in [0.29, 0.717) is 0 Å². The van der Waals surface area contributed by atoms with Gasteiger partial charge in [-0.2, -0.15) is 0 Å². The average molecular weight is 336 g/mol. The van der Waals surface area contributed by atoms with Crippen molar-refractivity contribution in [2.45, 2.75) is 13.8 Å². The van der Waals surface area contributed by atoms with E-state index in [1.165, 1.54) is 11.1 Å². The topological polar surface area (TPSA) is 25.8 Å². The van der Waals surface area contributed by atoms with Crippen molar-refractivity contribution in [1.29, 1.82) is 0 Å². The lowest BCUT2D eigenvalue weighted by Crippen LogP contribution is -1.95. The molecule has 0 fully saturated rings. The lowest BCUT2D eigenvalue weighted by Gasteiger charge is -2.10. The molecule has 0 unspecified atom stereocenters. The molecule has 4 aromatic rings. The molecule has 0 saturated carbocycles. The zero-order valence-corrected chi connectivity index (χ0v) is 15.0. The third-order valence-corrected chi connectivity index (χ3v) is 4.60. The molecule has 0 spiro atoms. The number of aromatic nitrogens is 2. The van der Waals surface area contributed by atoms with Crippen LogP contribution in [0, 0.1) is 13.8 Å². The van der Waals surface area contributed by atoms with Crippen LogP contribution in [0.2, 0.25) is 0 Å². The van der Waals surface area contributed by atoms with Crippen molar-refractivity contribution in [2.24, 2.45) is 0 Å². The van der Waals surface area contributed by atoms with Gasteiger partial charge >= 0.3 is 0 Å². The zero-order valence-electron chi connectivity index (χ0n) is 15.0. The Hall–Kier alpha value is -3.26. The van der Waals surface area contributed by atoms with Gasteiger partial charge in [-0.1, -0.05) is 72.8 Å². The molecule has 2 heterocycles. The normalized spacial score (nSPS) is 10.7. The highest BCUT2D eigenvalue weighted by atomic mass is 14.8. The Labute approximate surface area is 154 Å². The van der Waals surface area contributed by atoms with Gasteiger partial charge in [-0.25, -0.2) is 0 Å². The second kappa shape index (κ2) is 6.93. The highest BCUT2D eigenvalue weighted by Gasteiger charge is 2.09. The Balaban J connectivity index is 1.70. The van der Waals surface area contributed by atoms with E-state index in [2.05, 4.69) is 86.6 Å². The molecule has 0 N–H and O–H groups in total. The molecule has 0 radical (unpaired) electrons. The first kappa shape index (κ1) is 16.2. The van der Waals surface area contributed by atoms with Crippen LogP contribution in [-0.4, -0.2) is 9.97 Å². The molecular weight excluding hydrogens is 316 g/mol. The number of hydrogen-bond donors (Lipinski definition) is 0. The summed E-state index contributed by atoms with van der Waals surface area (Å²) >= 11 is 0. The van der Waals surface area contributed by atoms with Gasteiger partial charge in [0.2, 0.25) is 0 Å². The Morgan fingerprint density at radius 1 is 0.462 bits per heavy atom. The van der Waals surface area contributed by atoms with Crippen LogP contribution in [0.3, 0.4) is 0 Å². The number of aryl methyl sites for hydroxylation is 2. The fourth-order valence-electron chi connectivity index (χ4n) is 3.25. The molecule has 0 bridgehead atoms. The van der Waals surface area contributed by atoms with Gasteiger partial charge in [0.25, 0.3) is 0 Å². The maximum absolute atomic E-state index is 4.80. The third-order valence-electron chi connectivity index (χ3n) is 4.60. The van der Waals surface area contributed by atoms with Gasteiger partial charge in [0.15, 0.2) is 0 Å². The fourth-order valence-corrected chi connectivity index (χ4v) is 3.25. The minimum Gasteiger partial charge on any atom is -0.251 e. The number of pyridine rings is 2. The van der Waals surface area contributed by atoms with Gasteiger partial charge in [-0.05, 0) is 37.1 Å². The highest BCUT2D eigenvalue weighted by Crippen LogP contribution is 2.28. The second-order valence-electron chi connectivity index (χ2n) is 6.39. The lowest BCUT2D eigenvalue weighted by molar-refractivity contribution is 1.15. The first-order chi connectivity index (χ1) is 12.7. The molecule has 0 aliphatic carbocycles. The van der Waals surface area contributed by atoms with Crippen LogP contribution in [0.15, 0.2) is 84.9 Å². The van der Waals surface area contributed by atoms with Crippen molar-refractivity contribution < 1.29 is 0 Å². The third kappa shape index (κ3) is 3.14. The summed E-state index contributed by atoms with van der Waals surface area (Å²) in [5, 5.41) is 0. The van der Waals surface area contributed by atoms with E-state index < -0.39 is 0 Å². The van der Waals surface area contributed by atoms with E-state index in [9.17, 15) is 0 Å². The van der Waals surface area contributed by atoms with Crippen LogP contribution in [0.25, 0.3) is 33.6 Å². The Morgan fingerprint density at radius 3 is 1.19 bits per heavy atom. The summed E-state index contributed by atoms with van der Waals surface area (Å²) < 4.78 is 0. The standard InChI is InChI=1S/C24H20N2/c1-17-21(19-9-5-3-6-10-19)13-15-23(25-17)24-16-14-22(18(2)26-24)20-11-7-4-8-12-20/h3-16H,1-2H3. The van der Waals surface area contributed by atoms with E-state index in [-0.39, 0.29) is 0 Å². The van der Waals surface area contributed by atoms with Crippen LogP contribution in [0.1, 0.15) is 11.4 Å². The highest BCUT2D eigenvalue weighted by molar-refractivity contribution is 5.71. The maximum atomic E-state index is 4.80. The molecule has 0 aliphatic heterocycles. The second-order valence-corrected chi connectivity index (χ2v) is 6.39. The van der Waals surface area contributed by atoms with Crippen molar-refractivity contribution in [1.82, 2.24) is 9.97 Å². The monoisotopic (exact) mass is 336 g/mol. The average Bonchev–Trinajstić information content (AvgIpc) is 2.69.